The molecular formula is C28H22N6O2S. The van der Waals surface area contributed by atoms with Crippen LogP contribution in [0.2, 0.25) is 0 Å². The standard InChI is InChI=1S/C28H22N6O2S/c1-17(33-26-25-27(31-15-30-26)37-16-32-25)22-13-18-7-6-10-21(19-11-12-23(36-2)29-14-19)24(18)28(35)34(22)20-8-4-3-5-9-20/h3-17H,1-2H3,(H,30,31,33). The van der Waals surface area contributed by atoms with Crippen molar-refractivity contribution in [1.29, 1.82) is 0 Å². The predicted molar refractivity (Wildman–Crippen MR) is 147 cm³/mol. The third-order valence-corrected chi connectivity index (χ3v) is 7.01. The second-order valence-corrected chi connectivity index (χ2v) is 9.33. The molecule has 4 heterocycles. The van der Waals surface area contributed by atoms with Gasteiger partial charge in [-0.1, -0.05) is 36.4 Å². The minimum absolute atomic E-state index is 0.111. The molecule has 1 N–H and O–H groups in total. The number of hydrogen-bond donors (Lipinski definition) is 1. The van der Waals surface area contributed by atoms with Gasteiger partial charge < -0.3 is 10.1 Å². The van der Waals surface area contributed by atoms with E-state index in [9.17, 15) is 4.79 Å². The van der Waals surface area contributed by atoms with Crippen LogP contribution in [0.3, 0.4) is 0 Å². The number of rotatable bonds is 6. The fourth-order valence-electron chi connectivity index (χ4n) is 4.52. The summed E-state index contributed by atoms with van der Waals surface area (Å²) in [6, 6.07) is 21.0. The summed E-state index contributed by atoms with van der Waals surface area (Å²) in [6.07, 6.45) is 3.25. The highest BCUT2D eigenvalue weighted by Gasteiger charge is 2.20. The van der Waals surface area contributed by atoms with E-state index >= 15 is 0 Å². The number of benzene rings is 2. The molecule has 0 aliphatic heterocycles. The third-order valence-electron chi connectivity index (χ3n) is 6.28. The number of fused-ring (bicyclic) bond motifs is 2. The normalized spacial score (nSPS) is 12.1. The Labute approximate surface area is 216 Å². The van der Waals surface area contributed by atoms with Crippen LogP contribution in [0.4, 0.5) is 5.82 Å². The van der Waals surface area contributed by atoms with Crippen LogP contribution in [0.5, 0.6) is 5.88 Å². The van der Waals surface area contributed by atoms with Crippen molar-refractivity contribution in [3.8, 4) is 22.7 Å². The summed E-state index contributed by atoms with van der Waals surface area (Å²) < 4.78 is 6.97. The van der Waals surface area contributed by atoms with Crippen LogP contribution < -0.4 is 15.6 Å². The first-order valence-corrected chi connectivity index (χ1v) is 12.6. The van der Waals surface area contributed by atoms with E-state index in [-0.39, 0.29) is 11.6 Å². The van der Waals surface area contributed by atoms with E-state index < -0.39 is 0 Å². The topological polar surface area (TPSA) is 94.8 Å². The van der Waals surface area contributed by atoms with Crippen LogP contribution in [0, 0.1) is 0 Å². The van der Waals surface area contributed by atoms with Crippen LogP contribution in [-0.4, -0.2) is 31.6 Å². The molecule has 37 heavy (non-hydrogen) atoms. The Morgan fingerprint density at radius 2 is 1.84 bits per heavy atom. The number of ether oxygens (including phenoxy) is 1. The number of para-hydroxylation sites is 1. The lowest BCUT2D eigenvalue weighted by molar-refractivity contribution is 0.398. The van der Waals surface area contributed by atoms with Gasteiger partial charge in [0.2, 0.25) is 5.88 Å². The minimum atomic E-state index is -0.261. The van der Waals surface area contributed by atoms with Crippen LogP contribution in [-0.2, 0) is 0 Å². The molecule has 0 spiro atoms. The van der Waals surface area contributed by atoms with E-state index in [2.05, 4.69) is 31.3 Å². The fraction of sp³-hybridized carbons (Fsp3) is 0.107. The molecule has 6 aromatic rings. The third kappa shape index (κ3) is 4.09. The summed E-state index contributed by atoms with van der Waals surface area (Å²) >= 11 is 1.46. The van der Waals surface area contributed by atoms with Gasteiger partial charge in [-0.3, -0.25) is 9.36 Å². The smallest absolute Gasteiger partial charge is 0.263 e. The first kappa shape index (κ1) is 22.8. The molecule has 6 rings (SSSR count). The molecule has 8 nitrogen and oxygen atoms in total. The van der Waals surface area contributed by atoms with Gasteiger partial charge in [-0.15, -0.1) is 11.3 Å². The molecule has 0 saturated heterocycles. The summed E-state index contributed by atoms with van der Waals surface area (Å²) in [5.74, 6) is 1.15. The van der Waals surface area contributed by atoms with E-state index in [1.165, 1.54) is 17.7 Å². The highest BCUT2D eigenvalue weighted by molar-refractivity contribution is 7.16. The molecule has 2 aromatic carbocycles. The second kappa shape index (κ2) is 9.44. The summed E-state index contributed by atoms with van der Waals surface area (Å²) in [5, 5.41) is 4.92. The SMILES string of the molecule is COc1ccc(-c2cccc3cc(C(C)Nc4ncnc5scnc45)n(-c4ccccc4)c(=O)c23)cn1. The Hall–Kier alpha value is -4.63. The lowest BCUT2D eigenvalue weighted by Gasteiger charge is -2.22. The lowest BCUT2D eigenvalue weighted by atomic mass is 9.99. The van der Waals surface area contributed by atoms with Crippen LogP contribution in [0.25, 0.3) is 37.9 Å². The van der Waals surface area contributed by atoms with Crippen LogP contribution in [0.15, 0.2) is 89.6 Å². The number of anilines is 1. The monoisotopic (exact) mass is 506 g/mol. The van der Waals surface area contributed by atoms with Gasteiger partial charge in [-0.25, -0.2) is 19.9 Å². The minimum Gasteiger partial charge on any atom is -0.481 e. The number of pyridine rings is 2. The molecule has 0 bridgehead atoms. The molecule has 4 aromatic heterocycles. The van der Waals surface area contributed by atoms with Gasteiger partial charge in [0, 0.05) is 29.2 Å². The van der Waals surface area contributed by atoms with Gasteiger partial charge >= 0.3 is 0 Å². The van der Waals surface area contributed by atoms with Gasteiger partial charge in [0.1, 0.15) is 16.7 Å². The molecular weight excluding hydrogens is 484 g/mol. The Balaban J connectivity index is 1.55. The first-order valence-electron chi connectivity index (χ1n) is 11.7. The van der Waals surface area contributed by atoms with Crippen molar-refractivity contribution in [3.63, 3.8) is 0 Å². The average Bonchev–Trinajstić information content (AvgIpc) is 3.43. The van der Waals surface area contributed by atoms with Crippen molar-refractivity contribution in [2.75, 3.05) is 12.4 Å². The largest absolute Gasteiger partial charge is 0.481 e. The molecule has 182 valence electrons. The quantitative estimate of drug-likeness (QED) is 0.313. The van der Waals surface area contributed by atoms with Crippen molar-refractivity contribution >= 4 is 38.3 Å². The number of methoxy groups -OCH3 is 1. The fourth-order valence-corrected chi connectivity index (χ4v) is 5.15. The number of nitrogens with one attached hydrogen (secondary N) is 1. The molecule has 0 aliphatic carbocycles. The Bertz CT molecular complexity index is 1780. The van der Waals surface area contributed by atoms with Gasteiger partial charge in [0.05, 0.1) is 24.0 Å². The van der Waals surface area contributed by atoms with Crippen molar-refractivity contribution in [1.82, 2.24) is 24.5 Å². The molecule has 1 atom stereocenters. The number of aromatic nitrogens is 5. The van der Waals surface area contributed by atoms with Crippen molar-refractivity contribution in [2.24, 2.45) is 0 Å². The maximum Gasteiger partial charge on any atom is 0.263 e. The van der Waals surface area contributed by atoms with E-state index in [1.54, 1.807) is 29.5 Å². The maximum atomic E-state index is 14.2. The Morgan fingerprint density at radius 1 is 0.973 bits per heavy atom. The number of nitrogens with zero attached hydrogens (tertiary/aromatic N) is 5. The van der Waals surface area contributed by atoms with Gasteiger partial charge in [-0.05, 0) is 42.1 Å². The highest BCUT2D eigenvalue weighted by atomic mass is 32.1. The molecule has 9 heteroatoms. The number of thiazole rings is 1. The zero-order chi connectivity index (χ0) is 25.4. The van der Waals surface area contributed by atoms with E-state index in [0.29, 0.717) is 22.6 Å². The lowest BCUT2D eigenvalue weighted by Crippen LogP contribution is -2.26. The highest BCUT2D eigenvalue weighted by Crippen LogP contribution is 2.31. The van der Waals surface area contributed by atoms with E-state index in [0.717, 1.165) is 32.7 Å². The van der Waals surface area contributed by atoms with E-state index in [4.69, 9.17) is 4.74 Å². The molecule has 0 fully saturated rings. The Kier molecular flexibility index (Phi) is 5.82. The molecule has 0 aliphatic rings. The predicted octanol–water partition coefficient (Wildman–Crippen LogP) is 5.63. The van der Waals surface area contributed by atoms with Gasteiger partial charge in [0.25, 0.3) is 5.56 Å². The van der Waals surface area contributed by atoms with Crippen LogP contribution >= 0.6 is 11.3 Å². The zero-order valence-corrected chi connectivity index (χ0v) is 20.9. The maximum absolute atomic E-state index is 14.2. The van der Waals surface area contributed by atoms with Gasteiger partial charge in [-0.2, -0.15) is 0 Å². The Morgan fingerprint density at radius 3 is 2.62 bits per heavy atom. The zero-order valence-electron chi connectivity index (χ0n) is 20.1. The summed E-state index contributed by atoms with van der Waals surface area (Å²) in [4.78, 5) is 32.5. The number of hydrogen-bond acceptors (Lipinski definition) is 8. The van der Waals surface area contributed by atoms with E-state index in [1.807, 2.05) is 61.5 Å². The van der Waals surface area contributed by atoms with Crippen molar-refractivity contribution in [2.45, 2.75) is 13.0 Å². The molecule has 1 unspecified atom stereocenters. The first-order chi connectivity index (χ1) is 18.1. The summed E-state index contributed by atoms with van der Waals surface area (Å²) in [6.45, 7) is 2.01. The summed E-state index contributed by atoms with van der Waals surface area (Å²) in [5.41, 5.74) is 5.59. The average molecular weight is 507 g/mol. The van der Waals surface area contributed by atoms with Crippen molar-refractivity contribution in [3.05, 3.63) is 101 Å². The summed E-state index contributed by atoms with van der Waals surface area (Å²) in [7, 11) is 1.58. The second-order valence-electron chi connectivity index (χ2n) is 8.50. The molecule has 0 amide bonds. The van der Waals surface area contributed by atoms with Crippen LogP contribution in [0.1, 0.15) is 18.7 Å². The van der Waals surface area contributed by atoms with Gasteiger partial charge in [0.15, 0.2) is 5.82 Å². The molecule has 0 radical (unpaired) electrons. The van der Waals surface area contributed by atoms with Crippen molar-refractivity contribution < 1.29 is 4.74 Å². The molecule has 0 saturated carbocycles.